The zero-order valence-electron chi connectivity index (χ0n) is 11.3. The summed E-state index contributed by atoms with van der Waals surface area (Å²) in [5.74, 6) is -0.977. The Kier molecular flexibility index (Phi) is 6.48. The van der Waals surface area contributed by atoms with Gasteiger partial charge in [0.1, 0.15) is 0 Å². The maximum absolute atomic E-state index is 11.0. The molecule has 1 N–H and O–H groups in total. The Morgan fingerprint density at radius 3 is 2.16 bits per heavy atom. The summed E-state index contributed by atoms with van der Waals surface area (Å²) in [6.45, 7) is 2.58. The van der Waals surface area contributed by atoms with E-state index in [1.165, 1.54) is 18.1 Å². The van der Waals surface area contributed by atoms with Crippen molar-refractivity contribution in [3.05, 3.63) is 35.4 Å². The van der Waals surface area contributed by atoms with E-state index in [4.69, 9.17) is 14.6 Å². The van der Waals surface area contributed by atoms with E-state index in [2.05, 4.69) is 24.3 Å². The number of benzene rings is 1. The molecule has 0 spiro atoms. The summed E-state index contributed by atoms with van der Waals surface area (Å²) in [5, 5.41) is 7.42. The molecule has 0 fully saturated rings. The molecule has 0 aromatic heterocycles. The first-order chi connectivity index (χ1) is 8.90. The van der Waals surface area contributed by atoms with Crippen LogP contribution in [0, 0.1) is 0 Å². The summed E-state index contributed by atoms with van der Waals surface area (Å²) in [5.41, 5.74) is 2.80. The van der Waals surface area contributed by atoms with Crippen molar-refractivity contribution in [2.75, 3.05) is 0 Å². The van der Waals surface area contributed by atoms with Gasteiger partial charge in [0.05, 0.1) is 0 Å². The van der Waals surface area contributed by atoms with Crippen LogP contribution in [0.2, 0.25) is 3.43 Å². The molecule has 2 atom stereocenters. The second kappa shape index (κ2) is 7.63. The molecule has 99 valence electrons. The molecule has 5 heteroatoms. The normalized spacial score (nSPS) is 20.6. The number of fused-ring (bicyclic) bond motifs is 1. The molecular weight excluding hydrogens is 433 g/mol. The molecule has 0 amide bonds. The van der Waals surface area contributed by atoms with E-state index in [1.54, 1.807) is 0 Å². The van der Waals surface area contributed by atoms with Crippen molar-refractivity contribution in [3.8, 4) is 0 Å². The summed E-state index contributed by atoms with van der Waals surface area (Å²) in [4.78, 5) is 20.0. The first-order valence-corrected chi connectivity index (χ1v) is 9.34. The molecule has 0 heterocycles. The summed E-state index contributed by atoms with van der Waals surface area (Å²) >= 11 is 0.656. The fraction of sp³-hybridized carbons (Fsp3) is 0.429. The molecule has 4 nitrogen and oxygen atoms in total. The van der Waals surface area contributed by atoms with E-state index in [0.29, 0.717) is 29.5 Å². The zero-order valence-corrected chi connectivity index (χ0v) is 16.8. The predicted octanol–water partition coefficient (Wildman–Crippen LogP) is 2.14. The van der Waals surface area contributed by atoms with Gasteiger partial charge in [-0.05, 0) is 0 Å². The second-order valence-corrected chi connectivity index (χ2v) is 8.68. The second-order valence-electron chi connectivity index (χ2n) is 4.60. The van der Waals surface area contributed by atoms with Crippen molar-refractivity contribution in [1.82, 2.24) is 0 Å². The van der Waals surface area contributed by atoms with Gasteiger partial charge in [-0.3, -0.25) is 4.79 Å². The molecular formula is C14H17HgO4. The van der Waals surface area contributed by atoms with E-state index < -0.39 is 5.97 Å². The number of ether oxygens (including phenoxy) is 1. The van der Waals surface area contributed by atoms with Crippen LogP contribution in [0.1, 0.15) is 25.0 Å². The third kappa shape index (κ3) is 5.72. The molecule has 0 radical (unpaired) electrons. The molecule has 0 bridgehead atoms. The topological polar surface area (TPSA) is 63.6 Å². The summed E-state index contributed by atoms with van der Waals surface area (Å²) in [7, 11) is 0. The fourth-order valence-corrected chi connectivity index (χ4v) is 4.34. The number of aliphatic carboxylic acids is 1. The van der Waals surface area contributed by atoms with E-state index in [1.807, 2.05) is 0 Å². The van der Waals surface area contributed by atoms with Gasteiger partial charge in [-0.1, -0.05) is 0 Å². The third-order valence-corrected chi connectivity index (χ3v) is 6.03. The minimum atomic E-state index is -0.833. The standard InChI is InChI=1S/C12H13O2.C2H4O2.Hg/c1-9(13)14-12-7-6-10-4-2-3-5-11(10)8-12;1-2(3)4;/h2-5,7,12H,6,8H2,1H3;1H3,(H,3,4);. The van der Waals surface area contributed by atoms with Gasteiger partial charge in [0.2, 0.25) is 0 Å². The van der Waals surface area contributed by atoms with Gasteiger partial charge in [0.25, 0.3) is 5.97 Å². The number of carboxylic acids is 1. The van der Waals surface area contributed by atoms with E-state index in [9.17, 15) is 4.79 Å². The minimum absolute atomic E-state index is 0.140. The Hall–Kier alpha value is -0.905. The van der Waals surface area contributed by atoms with Gasteiger partial charge in [-0.15, -0.1) is 0 Å². The van der Waals surface area contributed by atoms with Gasteiger partial charge < -0.3 is 5.11 Å². The number of rotatable bonds is 1. The van der Waals surface area contributed by atoms with Crippen LogP contribution in [0.25, 0.3) is 0 Å². The average Bonchev–Trinajstić information content (AvgIpc) is 2.28. The molecule has 1 aromatic rings. The van der Waals surface area contributed by atoms with E-state index in [0.717, 1.165) is 19.8 Å². The van der Waals surface area contributed by atoms with Crippen LogP contribution in [0.3, 0.4) is 0 Å². The maximum atomic E-state index is 11.0. The number of carbonyl (C=O) groups is 2. The van der Waals surface area contributed by atoms with Gasteiger partial charge in [0.15, 0.2) is 0 Å². The summed E-state index contributed by atoms with van der Waals surface area (Å²) in [6.07, 6.45) is 2.14. The van der Waals surface area contributed by atoms with Gasteiger partial charge in [0, 0.05) is 6.92 Å². The van der Waals surface area contributed by atoms with Crippen molar-refractivity contribution >= 4 is 11.9 Å². The van der Waals surface area contributed by atoms with Crippen LogP contribution >= 0.6 is 0 Å². The fourth-order valence-electron chi connectivity index (χ4n) is 2.10. The van der Waals surface area contributed by atoms with Crippen LogP contribution in [-0.2, 0) is 53.3 Å². The quantitative estimate of drug-likeness (QED) is 0.527. The first-order valence-electron chi connectivity index (χ1n) is 6.16. The molecule has 1 aliphatic rings. The molecule has 1 aromatic carbocycles. The number of esters is 1. The summed E-state index contributed by atoms with van der Waals surface area (Å²) < 4.78 is 5.98. The van der Waals surface area contributed by atoms with Gasteiger partial charge in [-0.25, -0.2) is 0 Å². The van der Waals surface area contributed by atoms with Gasteiger partial charge in [-0.2, -0.15) is 0 Å². The zero-order chi connectivity index (χ0) is 14.4. The SMILES string of the molecule is CC(=O)O.CC(=O)OC1Cc2ccccc2C[CH]1[Hg]. The Morgan fingerprint density at radius 2 is 1.68 bits per heavy atom. The molecule has 0 aliphatic heterocycles. The van der Waals surface area contributed by atoms with Crippen molar-refractivity contribution < 1.29 is 45.6 Å². The molecule has 0 saturated carbocycles. The van der Waals surface area contributed by atoms with Crippen molar-refractivity contribution in [1.29, 1.82) is 0 Å². The van der Waals surface area contributed by atoms with Crippen LogP contribution in [0.4, 0.5) is 0 Å². The number of carboxylic acid groups (broad SMARTS) is 1. The van der Waals surface area contributed by atoms with Crippen LogP contribution in [0.15, 0.2) is 24.3 Å². The van der Waals surface area contributed by atoms with Gasteiger partial charge >= 0.3 is 106 Å². The Morgan fingerprint density at radius 1 is 1.21 bits per heavy atom. The molecule has 2 rings (SSSR count). The van der Waals surface area contributed by atoms with Crippen molar-refractivity contribution in [2.24, 2.45) is 0 Å². The Labute approximate surface area is 129 Å². The Balaban J connectivity index is 0.000000399. The number of carbonyl (C=O) groups excluding carboxylic acids is 1. The molecule has 2 unspecified atom stereocenters. The molecule has 0 saturated heterocycles. The number of hydrogen-bond donors (Lipinski definition) is 1. The number of hydrogen-bond acceptors (Lipinski definition) is 3. The van der Waals surface area contributed by atoms with Crippen LogP contribution < -0.4 is 0 Å². The predicted molar refractivity (Wildman–Crippen MR) is 66.5 cm³/mol. The Bertz CT molecular complexity index is 455. The molecule has 1 aliphatic carbocycles. The van der Waals surface area contributed by atoms with Crippen molar-refractivity contribution in [2.45, 2.75) is 36.2 Å². The average molecular weight is 450 g/mol. The summed E-state index contributed by atoms with van der Waals surface area (Å²) in [6, 6.07) is 8.48. The van der Waals surface area contributed by atoms with E-state index in [-0.39, 0.29) is 12.1 Å². The van der Waals surface area contributed by atoms with Crippen LogP contribution in [0.5, 0.6) is 0 Å². The van der Waals surface area contributed by atoms with Crippen LogP contribution in [-0.4, -0.2) is 23.1 Å². The monoisotopic (exact) mass is 451 g/mol. The first kappa shape index (κ1) is 16.2. The third-order valence-electron chi connectivity index (χ3n) is 2.86. The van der Waals surface area contributed by atoms with E-state index >= 15 is 0 Å². The molecule has 19 heavy (non-hydrogen) atoms. The van der Waals surface area contributed by atoms with Crippen molar-refractivity contribution in [3.63, 3.8) is 0 Å².